The van der Waals surface area contributed by atoms with Crippen LogP contribution in [-0.2, 0) is 58.9 Å². The first-order chi connectivity index (χ1) is 8.41. The van der Waals surface area contributed by atoms with Crippen molar-refractivity contribution in [2.24, 2.45) is 0 Å². The van der Waals surface area contributed by atoms with Crippen LogP contribution in [0.5, 0.6) is 0 Å². The van der Waals surface area contributed by atoms with Crippen molar-refractivity contribution in [3.05, 3.63) is 0 Å². The first kappa shape index (κ1) is 29.9. The summed E-state index contributed by atoms with van der Waals surface area (Å²) in [7, 11) is -20.9. The summed E-state index contributed by atoms with van der Waals surface area (Å²) < 4.78 is 122. The molecule has 17 nitrogen and oxygen atoms in total. The standard InChI is InChI=1S/Al.H3N.2H2O8S2/c;;2*1-9(2,3)7-8-10(4,5)6/h;1H3;2*(H,1,2,3)(H,4,5,6)/q+3;;;/p-3. The quantitative estimate of drug-likeness (QED) is 0.133. The minimum absolute atomic E-state index is 0. The fourth-order valence-electron chi connectivity index (χ4n) is 0.137. The summed E-state index contributed by atoms with van der Waals surface area (Å²) in [6.07, 6.45) is 0. The summed E-state index contributed by atoms with van der Waals surface area (Å²) in [6, 6.07) is 0. The van der Waals surface area contributed by atoms with Crippen LogP contribution in [0.1, 0.15) is 0 Å². The second-order valence-electron chi connectivity index (χ2n) is 1.92. The second-order valence-corrected chi connectivity index (χ2v) is 5.77. The Morgan fingerprint density at radius 3 is 0.864 bits per heavy atom. The van der Waals surface area contributed by atoms with E-state index in [9.17, 15) is 47.3 Å². The normalized spacial score (nSPS) is 12.2. The summed E-state index contributed by atoms with van der Waals surface area (Å²) >= 11 is 0. The van der Waals surface area contributed by atoms with Gasteiger partial charge in [-0.15, -0.1) is 8.67 Å². The van der Waals surface area contributed by atoms with E-state index >= 15 is 0 Å². The Labute approximate surface area is 134 Å². The molecule has 0 aliphatic carbocycles. The van der Waals surface area contributed by atoms with Gasteiger partial charge in [-0.2, -0.15) is 8.42 Å². The van der Waals surface area contributed by atoms with Crippen LogP contribution in [-0.4, -0.2) is 69.2 Å². The van der Waals surface area contributed by atoms with E-state index in [1.807, 2.05) is 0 Å². The predicted octanol–water partition coefficient (Wildman–Crippen LogP) is -4.17. The second kappa shape index (κ2) is 10.7. The average Bonchev–Trinajstić information content (AvgIpc) is 2.09. The van der Waals surface area contributed by atoms with E-state index in [4.69, 9.17) is 4.55 Å². The molecule has 0 saturated heterocycles. The summed E-state index contributed by atoms with van der Waals surface area (Å²) in [6.45, 7) is 0. The molecule has 0 bridgehead atoms. The minimum atomic E-state index is -5.31. The van der Waals surface area contributed by atoms with Gasteiger partial charge in [0.25, 0.3) is 0 Å². The molecule has 0 heterocycles. The smallest absolute Gasteiger partial charge is 0.724 e. The molecule has 22 heteroatoms. The van der Waals surface area contributed by atoms with Crippen LogP contribution < -0.4 is 6.15 Å². The Kier molecular flexibility index (Phi) is 14.5. The molecule has 0 aliphatic heterocycles. The van der Waals surface area contributed by atoms with E-state index in [1.165, 1.54) is 0 Å². The van der Waals surface area contributed by atoms with Crippen LogP contribution in [0.15, 0.2) is 0 Å². The number of hydrogen-bond acceptors (Lipinski definition) is 16. The van der Waals surface area contributed by atoms with Gasteiger partial charge in [0.15, 0.2) is 0 Å². The number of rotatable bonds is 6. The predicted molar refractivity (Wildman–Crippen MR) is 55.8 cm³/mol. The molecule has 0 unspecified atom stereocenters. The van der Waals surface area contributed by atoms with Crippen molar-refractivity contribution >= 4 is 59.0 Å². The van der Waals surface area contributed by atoms with Gasteiger partial charge in [-0.05, 0) is 0 Å². The van der Waals surface area contributed by atoms with Crippen molar-refractivity contribution in [2.45, 2.75) is 0 Å². The molecule has 4 N–H and O–H groups in total. The maximum atomic E-state index is 9.48. The molecule has 0 aromatic rings. The monoisotopic (exact) mass is 429 g/mol. The molecule has 0 rings (SSSR count). The van der Waals surface area contributed by atoms with Gasteiger partial charge < -0.3 is 19.8 Å². The third kappa shape index (κ3) is 36.8. The van der Waals surface area contributed by atoms with Gasteiger partial charge in [0, 0.05) is 0 Å². The van der Waals surface area contributed by atoms with Gasteiger partial charge in [0.05, 0.1) is 0 Å². The largest absolute Gasteiger partial charge is 3.00 e. The molecule has 0 spiro atoms. The van der Waals surface area contributed by atoms with E-state index in [-0.39, 0.29) is 23.5 Å². The topological polar surface area (TPSA) is 298 Å². The van der Waals surface area contributed by atoms with Crippen molar-refractivity contribution in [2.75, 3.05) is 0 Å². The zero-order chi connectivity index (χ0) is 16.8. The zero-order valence-electron chi connectivity index (χ0n) is 9.49. The summed E-state index contributed by atoms with van der Waals surface area (Å²) in [5, 5.41) is 0. The van der Waals surface area contributed by atoms with E-state index in [0.717, 1.165) is 0 Å². The van der Waals surface area contributed by atoms with Crippen molar-refractivity contribution in [1.29, 1.82) is 0 Å². The Morgan fingerprint density at radius 2 is 0.773 bits per heavy atom. The van der Waals surface area contributed by atoms with Crippen LogP contribution in [0.3, 0.4) is 0 Å². The van der Waals surface area contributed by atoms with Crippen LogP contribution in [0.4, 0.5) is 0 Å². The third-order valence-electron chi connectivity index (χ3n) is 0.392. The van der Waals surface area contributed by atoms with E-state index < -0.39 is 41.6 Å². The van der Waals surface area contributed by atoms with E-state index in [2.05, 4.69) is 17.3 Å². The number of hydrogen-bond donors (Lipinski definition) is 2. The maximum Gasteiger partial charge on any atom is 3.00 e. The molecule has 0 amide bonds. The molecular weight excluding hydrogens is 425 g/mol. The van der Waals surface area contributed by atoms with E-state index in [0.29, 0.717) is 0 Å². The first-order valence-electron chi connectivity index (χ1n) is 3.02. The third-order valence-corrected chi connectivity index (χ3v) is 1.51. The molecule has 0 fully saturated rings. The molecule has 0 radical (unpaired) electrons. The minimum Gasteiger partial charge on any atom is -0.724 e. The van der Waals surface area contributed by atoms with Crippen molar-refractivity contribution in [3.63, 3.8) is 0 Å². The summed E-state index contributed by atoms with van der Waals surface area (Å²) in [4.78, 5) is 0. The van der Waals surface area contributed by atoms with Gasteiger partial charge in [0.1, 0.15) is 0 Å². The van der Waals surface area contributed by atoms with Crippen molar-refractivity contribution in [3.8, 4) is 0 Å². The Morgan fingerprint density at radius 1 is 0.591 bits per heavy atom. The molecule has 0 aromatic carbocycles. The van der Waals surface area contributed by atoms with Crippen molar-refractivity contribution < 1.29 is 69.2 Å². The Hall–Kier alpha value is -0.0275. The molecule has 0 saturated carbocycles. The SMILES string of the molecule is N.O=S(=O)([O-])OOS(=O)(=O)O.O=S(=O)([O-])OOS(=O)(=O)[O-].[Al+3]. The molecule has 0 aromatic heterocycles. The summed E-state index contributed by atoms with van der Waals surface area (Å²) in [5.41, 5.74) is 0. The Bertz CT molecular complexity index is 562. The molecule has 132 valence electrons. The van der Waals surface area contributed by atoms with Gasteiger partial charge in [-0.1, -0.05) is 8.67 Å². The van der Waals surface area contributed by atoms with Gasteiger partial charge in [0.2, 0.25) is 31.2 Å². The molecular formula is H4AlNO16S4. The van der Waals surface area contributed by atoms with Gasteiger partial charge >= 0.3 is 27.8 Å². The molecule has 22 heavy (non-hydrogen) atoms. The summed E-state index contributed by atoms with van der Waals surface area (Å²) in [5.74, 6) is 0. The van der Waals surface area contributed by atoms with Crippen LogP contribution >= 0.6 is 0 Å². The fraction of sp³-hybridized carbons (Fsp3) is 0. The Balaban J connectivity index is -0.000000135. The van der Waals surface area contributed by atoms with Crippen LogP contribution in [0.2, 0.25) is 0 Å². The first-order valence-corrected chi connectivity index (χ1v) is 8.38. The van der Waals surface area contributed by atoms with E-state index in [1.54, 1.807) is 0 Å². The average molecular weight is 429 g/mol. The van der Waals surface area contributed by atoms with Crippen molar-refractivity contribution in [1.82, 2.24) is 6.15 Å². The zero-order valence-corrected chi connectivity index (χ0v) is 13.9. The molecule has 0 aliphatic rings. The van der Waals surface area contributed by atoms with Gasteiger partial charge in [-0.3, -0.25) is 4.55 Å². The fourth-order valence-corrected chi connectivity index (χ4v) is 1.23. The maximum absolute atomic E-state index is 9.48. The van der Waals surface area contributed by atoms with Gasteiger partial charge in [-0.25, -0.2) is 25.3 Å². The van der Waals surface area contributed by atoms with Crippen LogP contribution in [0, 0.1) is 0 Å². The molecule has 0 atom stereocenters. The van der Waals surface area contributed by atoms with Crippen LogP contribution in [0.25, 0.3) is 0 Å².